The summed E-state index contributed by atoms with van der Waals surface area (Å²) in [6, 6.07) is 15.3. The van der Waals surface area contributed by atoms with E-state index in [1.165, 1.54) is 17.5 Å². The lowest BCUT2D eigenvalue weighted by atomic mass is 10.0. The van der Waals surface area contributed by atoms with E-state index < -0.39 is 5.97 Å². The van der Waals surface area contributed by atoms with Gasteiger partial charge in [0.1, 0.15) is 17.3 Å². The Labute approximate surface area is 259 Å². The van der Waals surface area contributed by atoms with Crippen molar-refractivity contribution in [1.29, 1.82) is 0 Å². The van der Waals surface area contributed by atoms with E-state index in [4.69, 9.17) is 20.4 Å². The van der Waals surface area contributed by atoms with Gasteiger partial charge in [-0.15, -0.1) is 11.3 Å². The zero-order chi connectivity index (χ0) is 32.0. The number of carboxylic acid groups (broad SMARTS) is 1. The van der Waals surface area contributed by atoms with Crippen LogP contribution in [0.3, 0.4) is 0 Å². The van der Waals surface area contributed by atoms with Gasteiger partial charge in [0.05, 0.1) is 29.7 Å². The van der Waals surface area contributed by atoms with Crippen LogP contribution in [0, 0.1) is 0 Å². The normalized spacial score (nSPS) is 10.9. The van der Waals surface area contributed by atoms with Crippen molar-refractivity contribution in [3.8, 4) is 16.9 Å². The first kappa shape index (κ1) is 32.0. The van der Waals surface area contributed by atoms with Gasteiger partial charge < -0.3 is 30.8 Å². The van der Waals surface area contributed by atoms with Crippen molar-refractivity contribution in [2.24, 2.45) is 7.05 Å². The van der Waals surface area contributed by atoms with Gasteiger partial charge in [-0.2, -0.15) is 0 Å². The summed E-state index contributed by atoms with van der Waals surface area (Å²) < 4.78 is 8.30. The standard InChI is InChI=1S/C30H32N6O3S.C2H4O2/c1-5-36(6-2)17-33-29(37)20-15-32-28(31)26-21(16-40-27(20)26)18-11-12-22(25(14-18)39-4)34-30(38)24-13-19-9-7-8-10-23(19)35(24)3;1-2(3)4/h7-16H,5-6,17H2,1-4H3,(H2,31,32)(H,33,37)(H,34,38);1H3,(H,3,4). The summed E-state index contributed by atoms with van der Waals surface area (Å²) in [7, 11) is 3.43. The first-order valence-electron chi connectivity index (χ1n) is 14.0. The van der Waals surface area contributed by atoms with Gasteiger partial charge in [0.2, 0.25) is 0 Å². The second-order valence-corrected chi connectivity index (χ2v) is 10.8. The van der Waals surface area contributed by atoms with Crippen molar-refractivity contribution >= 4 is 61.6 Å². The molecule has 11 nitrogen and oxygen atoms in total. The van der Waals surface area contributed by atoms with Crippen molar-refractivity contribution in [2.75, 3.05) is 37.9 Å². The number of aromatic nitrogens is 2. The van der Waals surface area contributed by atoms with Gasteiger partial charge in [0.15, 0.2) is 0 Å². The molecule has 2 aromatic carbocycles. The van der Waals surface area contributed by atoms with E-state index in [1.807, 2.05) is 65.5 Å². The molecule has 0 saturated carbocycles. The SMILES string of the molecule is CC(=O)O.CCN(CC)CNC(=O)c1cnc(N)c2c(-c3ccc(NC(=O)c4cc5ccccc5n4C)c(OC)c3)csc12. The fourth-order valence-corrected chi connectivity index (χ4v) is 5.92. The number of carbonyl (C=O) groups excluding carboxylic acids is 2. The number of carboxylic acids is 1. The van der Waals surface area contributed by atoms with Crippen LogP contribution in [0.25, 0.3) is 32.1 Å². The first-order valence-corrected chi connectivity index (χ1v) is 14.9. The number of methoxy groups -OCH3 is 1. The molecule has 3 aromatic heterocycles. The molecule has 0 radical (unpaired) electrons. The number of amides is 2. The van der Waals surface area contributed by atoms with Gasteiger partial charge in [-0.3, -0.25) is 19.3 Å². The number of nitrogens with zero attached hydrogens (tertiary/aromatic N) is 3. The van der Waals surface area contributed by atoms with E-state index in [0.29, 0.717) is 35.2 Å². The Morgan fingerprint density at radius 1 is 1.09 bits per heavy atom. The van der Waals surface area contributed by atoms with Gasteiger partial charge in [-0.05, 0) is 48.3 Å². The molecular formula is C32H36N6O5S. The van der Waals surface area contributed by atoms with Crippen molar-refractivity contribution in [3.63, 3.8) is 0 Å². The average Bonchev–Trinajstić information content (AvgIpc) is 3.60. The molecule has 2 amide bonds. The van der Waals surface area contributed by atoms with E-state index in [9.17, 15) is 9.59 Å². The lowest BCUT2D eigenvalue weighted by molar-refractivity contribution is -0.134. The number of aliphatic carboxylic acids is 1. The molecule has 5 aromatic rings. The molecule has 0 aliphatic carbocycles. The molecule has 0 spiro atoms. The fraction of sp³-hybridized carbons (Fsp3) is 0.250. The molecule has 0 aliphatic heterocycles. The summed E-state index contributed by atoms with van der Waals surface area (Å²) in [4.78, 5) is 41.7. The maximum absolute atomic E-state index is 13.2. The number of benzene rings is 2. The Bertz CT molecular complexity index is 1820. The number of nitrogen functional groups attached to an aromatic ring is 1. The van der Waals surface area contributed by atoms with E-state index in [1.54, 1.807) is 7.11 Å². The lowest BCUT2D eigenvalue weighted by Gasteiger charge is -2.18. The lowest BCUT2D eigenvalue weighted by Crippen LogP contribution is -2.37. The third kappa shape index (κ3) is 6.82. The topological polar surface area (TPSA) is 152 Å². The van der Waals surface area contributed by atoms with Crippen molar-refractivity contribution in [1.82, 2.24) is 19.8 Å². The zero-order valence-electron chi connectivity index (χ0n) is 25.3. The minimum atomic E-state index is -0.833. The molecule has 3 heterocycles. The van der Waals surface area contributed by atoms with Crippen LogP contribution in [0.5, 0.6) is 5.75 Å². The second kappa shape index (κ2) is 14.0. The quantitative estimate of drug-likeness (QED) is 0.160. The summed E-state index contributed by atoms with van der Waals surface area (Å²) in [5.74, 6) is -0.413. The van der Waals surface area contributed by atoms with Gasteiger partial charge >= 0.3 is 0 Å². The number of aryl methyl sites for hydroxylation is 1. The molecule has 5 rings (SSSR count). The van der Waals surface area contributed by atoms with Gasteiger partial charge in [0, 0.05) is 42.0 Å². The number of nitrogens with one attached hydrogen (secondary N) is 2. The van der Waals surface area contributed by atoms with Crippen LogP contribution in [0.1, 0.15) is 41.6 Å². The summed E-state index contributed by atoms with van der Waals surface area (Å²) in [5, 5.41) is 17.1. The maximum atomic E-state index is 13.2. The van der Waals surface area contributed by atoms with Gasteiger partial charge in [-0.25, -0.2) is 4.98 Å². The number of hydrogen-bond donors (Lipinski definition) is 4. The van der Waals surface area contributed by atoms with Crippen LogP contribution in [0.2, 0.25) is 0 Å². The number of ether oxygens (including phenoxy) is 1. The summed E-state index contributed by atoms with van der Waals surface area (Å²) >= 11 is 1.45. The van der Waals surface area contributed by atoms with E-state index >= 15 is 0 Å². The molecular weight excluding hydrogens is 580 g/mol. The van der Waals surface area contributed by atoms with E-state index in [0.717, 1.165) is 52.1 Å². The third-order valence-corrected chi connectivity index (χ3v) is 8.19. The molecule has 0 atom stereocenters. The van der Waals surface area contributed by atoms with E-state index in [2.05, 4.69) is 34.4 Å². The first-order chi connectivity index (χ1) is 21.1. The summed E-state index contributed by atoms with van der Waals surface area (Å²) in [6.45, 7) is 7.33. The highest BCUT2D eigenvalue weighted by Gasteiger charge is 2.20. The highest BCUT2D eigenvalue weighted by atomic mass is 32.1. The molecule has 0 saturated heterocycles. The number of carbonyl (C=O) groups is 3. The molecule has 0 fully saturated rings. The number of hydrogen-bond acceptors (Lipinski definition) is 8. The minimum Gasteiger partial charge on any atom is -0.495 e. The number of thiophene rings is 1. The van der Waals surface area contributed by atoms with Crippen LogP contribution < -0.4 is 21.1 Å². The van der Waals surface area contributed by atoms with Crippen molar-refractivity contribution in [3.05, 3.63) is 71.4 Å². The molecule has 0 bridgehead atoms. The molecule has 44 heavy (non-hydrogen) atoms. The Kier molecular flexibility index (Phi) is 10.2. The number of anilines is 2. The Hall–Kier alpha value is -4.94. The summed E-state index contributed by atoms with van der Waals surface area (Å²) in [5.41, 5.74) is 10.5. The predicted molar refractivity (Wildman–Crippen MR) is 175 cm³/mol. The molecule has 0 aliphatic rings. The van der Waals surface area contributed by atoms with Crippen LogP contribution in [-0.4, -0.2) is 64.2 Å². The van der Waals surface area contributed by atoms with Crippen LogP contribution in [-0.2, 0) is 11.8 Å². The third-order valence-electron chi connectivity index (χ3n) is 7.17. The Morgan fingerprint density at radius 3 is 2.45 bits per heavy atom. The number of fused-ring (bicyclic) bond motifs is 2. The monoisotopic (exact) mass is 616 g/mol. The highest BCUT2D eigenvalue weighted by Crippen LogP contribution is 2.41. The highest BCUT2D eigenvalue weighted by molar-refractivity contribution is 7.18. The fourth-order valence-electron chi connectivity index (χ4n) is 4.82. The van der Waals surface area contributed by atoms with Crippen LogP contribution >= 0.6 is 11.3 Å². The maximum Gasteiger partial charge on any atom is 0.300 e. The predicted octanol–water partition coefficient (Wildman–Crippen LogP) is 5.42. The molecule has 5 N–H and O–H groups in total. The van der Waals surface area contributed by atoms with Crippen molar-refractivity contribution in [2.45, 2.75) is 20.8 Å². The number of nitrogens with two attached hydrogens (primary N) is 1. The van der Waals surface area contributed by atoms with Crippen molar-refractivity contribution < 1.29 is 24.2 Å². The van der Waals surface area contributed by atoms with Gasteiger partial charge in [-0.1, -0.05) is 38.1 Å². The van der Waals surface area contributed by atoms with E-state index in [-0.39, 0.29) is 11.8 Å². The largest absolute Gasteiger partial charge is 0.495 e. The Balaban J connectivity index is 0.00000104. The van der Waals surface area contributed by atoms with Crippen LogP contribution in [0.15, 0.2) is 60.1 Å². The number of pyridine rings is 1. The number of para-hydroxylation sites is 1. The molecule has 12 heteroatoms. The van der Waals surface area contributed by atoms with Crippen LogP contribution in [0.4, 0.5) is 11.5 Å². The summed E-state index contributed by atoms with van der Waals surface area (Å²) in [6.07, 6.45) is 1.53. The van der Waals surface area contributed by atoms with Gasteiger partial charge in [0.25, 0.3) is 17.8 Å². The molecule has 0 unspecified atom stereocenters. The number of rotatable bonds is 9. The molecule has 230 valence electrons. The Morgan fingerprint density at radius 2 is 1.80 bits per heavy atom. The average molecular weight is 617 g/mol. The second-order valence-electron chi connectivity index (χ2n) is 9.91. The smallest absolute Gasteiger partial charge is 0.300 e. The zero-order valence-corrected chi connectivity index (χ0v) is 26.1. The minimum absolute atomic E-state index is 0.193.